The largest absolute Gasteiger partial charge is 0.469 e. The van der Waals surface area contributed by atoms with Crippen molar-refractivity contribution in [2.75, 3.05) is 20.2 Å². The average Bonchev–Trinajstić information content (AvgIpc) is 2.47. The molecule has 2 rings (SSSR count). The lowest BCUT2D eigenvalue weighted by Crippen LogP contribution is -2.38. The van der Waals surface area contributed by atoms with Gasteiger partial charge in [-0.15, -0.1) is 0 Å². The molecule has 0 saturated carbocycles. The summed E-state index contributed by atoms with van der Waals surface area (Å²) in [5, 5.41) is 11.0. The molecule has 1 fully saturated rings. The number of esters is 1. The number of nitrogens with zero attached hydrogens (tertiary/aromatic N) is 2. The second-order valence-corrected chi connectivity index (χ2v) is 4.98. The van der Waals surface area contributed by atoms with Crippen molar-refractivity contribution in [1.82, 2.24) is 4.90 Å². The number of benzene rings is 1. The molecule has 6 nitrogen and oxygen atoms in total. The van der Waals surface area contributed by atoms with Gasteiger partial charge in [-0.2, -0.15) is 0 Å². The van der Waals surface area contributed by atoms with E-state index >= 15 is 0 Å². The zero-order chi connectivity index (χ0) is 14.5. The van der Waals surface area contributed by atoms with E-state index in [2.05, 4.69) is 4.90 Å². The summed E-state index contributed by atoms with van der Waals surface area (Å²) in [6, 6.07) is 6.73. The first kappa shape index (κ1) is 14.5. The molecule has 0 N–H and O–H groups in total. The summed E-state index contributed by atoms with van der Waals surface area (Å²) >= 11 is 0. The van der Waals surface area contributed by atoms with Crippen molar-refractivity contribution in [3.05, 3.63) is 39.9 Å². The molecule has 0 aromatic heterocycles. The van der Waals surface area contributed by atoms with E-state index in [1.807, 2.05) is 0 Å². The lowest BCUT2D eigenvalue weighted by atomic mass is 9.97. The van der Waals surface area contributed by atoms with Gasteiger partial charge in [-0.3, -0.25) is 19.8 Å². The lowest BCUT2D eigenvalue weighted by Gasteiger charge is -2.31. The molecule has 1 heterocycles. The number of rotatable bonds is 4. The van der Waals surface area contributed by atoms with Crippen molar-refractivity contribution in [2.24, 2.45) is 5.92 Å². The number of hydrogen-bond donors (Lipinski definition) is 0. The molecule has 108 valence electrons. The number of nitro groups is 1. The fourth-order valence-electron chi connectivity index (χ4n) is 2.62. The standard InChI is InChI=1S/C14H18N2O4/c1-20-14(17)12-6-4-8-15(10-12)9-11-5-2-3-7-13(11)16(18)19/h2-3,5,7,12H,4,6,8-10H2,1H3/t12-/m0/s1. The molecule has 20 heavy (non-hydrogen) atoms. The third kappa shape index (κ3) is 3.33. The summed E-state index contributed by atoms with van der Waals surface area (Å²) in [7, 11) is 1.39. The van der Waals surface area contributed by atoms with Crippen LogP contribution in [0.15, 0.2) is 24.3 Å². The number of nitro benzene ring substituents is 1. The predicted octanol–water partition coefficient (Wildman–Crippen LogP) is 1.98. The van der Waals surface area contributed by atoms with Gasteiger partial charge in [0.25, 0.3) is 5.69 Å². The van der Waals surface area contributed by atoms with E-state index in [0.717, 1.165) is 19.4 Å². The number of piperidine rings is 1. The van der Waals surface area contributed by atoms with Crippen LogP contribution in [0.4, 0.5) is 5.69 Å². The van der Waals surface area contributed by atoms with Gasteiger partial charge in [0.05, 0.1) is 18.0 Å². The lowest BCUT2D eigenvalue weighted by molar-refractivity contribution is -0.385. The maximum atomic E-state index is 11.6. The molecule has 1 aromatic carbocycles. The van der Waals surface area contributed by atoms with E-state index < -0.39 is 0 Å². The van der Waals surface area contributed by atoms with Crippen LogP contribution in [0.1, 0.15) is 18.4 Å². The summed E-state index contributed by atoms with van der Waals surface area (Å²) in [6.45, 7) is 1.93. The van der Waals surface area contributed by atoms with Crippen LogP contribution in [0.2, 0.25) is 0 Å². The van der Waals surface area contributed by atoms with E-state index in [9.17, 15) is 14.9 Å². The topological polar surface area (TPSA) is 72.7 Å². The summed E-state index contributed by atoms with van der Waals surface area (Å²) in [5.41, 5.74) is 0.815. The molecule has 0 unspecified atom stereocenters. The smallest absolute Gasteiger partial charge is 0.309 e. The van der Waals surface area contributed by atoms with Crippen molar-refractivity contribution in [3.63, 3.8) is 0 Å². The molecule has 1 saturated heterocycles. The van der Waals surface area contributed by atoms with Gasteiger partial charge in [-0.25, -0.2) is 0 Å². The Bertz CT molecular complexity index is 504. The van der Waals surface area contributed by atoms with E-state index in [0.29, 0.717) is 18.7 Å². The highest BCUT2D eigenvalue weighted by Gasteiger charge is 2.27. The maximum Gasteiger partial charge on any atom is 0.309 e. The van der Waals surface area contributed by atoms with E-state index in [1.54, 1.807) is 18.2 Å². The molecular weight excluding hydrogens is 260 g/mol. The Morgan fingerprint density at radius 1 is 1.50 bits per heavy atom. The predicted molar refractivity (Wildman–Crippen MR) is 73.1 cm³/mol. The quantitative estimate of drug-likeness (QED) is 0.478. The van der Waals surface area contributed by atoms with Crippen molar-refractivity contribution >= 4 is 11.7 Å². The molecule has 0 spiro atoms. The third-order valence-electron chi connectivity index (χ3n) is 3.62. The normalized spacial score (nSPS) is 19.6. The van der Waals surface area contributed by atoms with E-state index in [-0.39, 0.29) is 22.5 Å². The minimum atomic E-state index is -0.364. The van der Waals surface area contributed by atoms with Gasteiger partial charge in [0.2, 0.25) is 0 Å². The first-order valence-corrected chi connectivity index (χ1v) is 6.64. The first-order valence-electron chi connectivity index (χ1n) is 6.64. The van der Waals surface area contributed by atoms with E-state index in [1.165, 1.54) is 13.2 Å². The van der Waals surface area contributed by atoms with Crippen molar-refractivity contribution in [3.8, 4) is 0 Å². The molecule has 0 bridgehead atoms. The van der Waals surface area contributed by atoms with E-state index in [4.69, 9.17) is 4.74 Å². The van der Waals surface area contributed by atoms with Crippen LogP contribution in [0.25, 0.3) is 0 Å². The summed E-state index contributed by atoms with van der Waals surface area (Å²) in [5.74, 6) is -0.325. The molecule has 1 aliphatic heterocycles. The van der Waals surface area contributed by atoms with Crippen LogP contribution in [0.5, 0.6) is 0 Å². The number of carbonyl (C=O) groups excluding carboxylic acids is 1. The average molecular weight is 278 g/mol. The summed E-state index contributed by atoms with van der Waals surface area (Å²) in [4.78, 5) is 24.3. The molecule has 0 radical (unpaired) electrons. The monoisotopic (exact) mass is 278 g/mol. The molecule has 6 heteroatoms. The highest BCUT2D eigenvalue weighted by molar-refractivity contribution is 5.72. The number of ether oxygens (including phenoxy) is 1. The second kappa shape index (κ2) is 6.47. The van der Waals surface area contributed by atoms with Crippen molar-refractivity contribution in [2.45, 2.75) is 19.4 Å². The highest BCUT2D eigenvalue weighted by Crippen LogP contribution is 2.23. The molecule has 1 aliphatic rings. The maximum absolute atomic E-state index is 11.6. The van der Waals surface area contributed by atoms with Gasteiger partial charge in [0.15, 0.2) is 0 Å². The molecule has 1 aromatic rings. The van der Waals surface area contributed by atoms with Gasteiger partial charge in [0, 0.05) is 24.7 Å². The number of likely N-dealkylation sites (tertiary alicyclic amines) is 1. The number of para-hydroxylation sites is 1. The van der Waals surface area contributed by atoms with Gasteiger partial charge < -0.3 is 4.74 Å². The number of carbonyl (C=O) groups is 1. The summed E-state index contributed by atoms with van der Waals surface area (Å²) in [6.07, 6.45) is 1.72. The fourth-order valence-corrected chi connectivity index (χ4v) is 2.62. The van der Waals surface area contributed by atoms with Crippen LogP contribution in [0.3, 0.4) is 0 Å². The minimum absolute atomic E-state index is 0.128. The zero-order valence-electron chi connectivity index (χ0n) is 11.4. The van der Waals surface area contributed by atoms with Gasteiger partial charge in [-0.05, 0) is 19.4 Å². The molecule has 0 aliphatic carbocycles. The molecular formula is C14H18N2O4. The SMILES string of the molecule is COC(=O)[C@H]1CCCN(Cc2ccccc2[N+](=O)[O-])C1. The van der Waals surface area contributed by atoms with Gasteiger partial charge in [-0.1, -0.05) is 18.2 Å². The molecule has 0 amide bonds. The second-order valence-electron chi connectivity index (χ2n) is 4.98. The van der Waals surface area contributed by atoms with Crippen molar-refractivity contribution in [1.29, 1.82) is 0 Å². The third-order valence-corrected chi connectivity index (χ3v) is 3.62. The van der Waals surface area contributed by atoms with Crippen LogP contribution in [-0.4, -0.2) is 36.0 Å². The molecule has 1 atom stereocenters. The highest BCUT2D eigenvalue weighted by atomic mass is 16.6. The van der Waals surface area contributed by atoms with Crippen LogP contribution >= 0.6 is 0 Å². The van der Waals surface area contributed by atoms with Gasteiger partial charge >= 0.3 is 5.97 Å². The van der Waals surface area contributed by atoms with Gasteiger partial charge in [0.1, 0.15) is 0 Å². The number of methoxy groups -OCH3 is 1. The Morgan fingerprint density at radius 3 is 2.95 bits per heavy atom. The first-order chi connectivity index (χ1) is 9.61. The fraction of sp³-hybridized carbons (Fsp3) is 0.500. The Labute approximate surface area is 117 Å². The minimum Gasteiger partial charge on any atom is -0.469 e. The number of hydrogen-bond acceptors (Lipinski definition) is 5. The van der Waals surface area contributed by atoms with Crippen LogP contribution in [0, 0.1) is 16.0 Å². The Balaban J connectivity index is 2.06. The Kier molecular flexibility index (Phi) is 4.68. The Morgan fingerprint density at radius 2 is 2.25 bits per heavy atom. The van der Waals surface area contributed by atoms with Crippen LogP contribution in [-0.2, 0) is 16.1 Å². The zero-order valence-corrected chi connectivity index (χ0v) is 11.4. The van der Waals surface area contributed by atoms with Crippen LogP contribution < -0.4 is 0 Å². The summed E-state index contributed by atoms with van der Waals surface area (Å²) < 4.78 is 4.78. The Hall–Kier alpha value is -1.95. The van der Waals surface area contributed by atoms with Crippen molar-refractivity contribution < 1.29 is 14.5 Å².